The fraction of sp³-hybridized carbons (Fsp3) is 0.500. The van der Waals surface area contributed by atoms with Gasteiger partial charge in [0.2, 0.25) is 0 Å². The summed E-state index contributed by atoms with van der Waals surface area (Å²) in [5, 5.41) is 0. The van der Waals surface area contributed by atoms with Gasteiger partial charge in [0.1, 0.15) is 4.60 Å². The van der Waals surface area contributed by atoms with E-state index in [1.54, 1.807) is 12.3 Å². The molecule has 1 amide bonds. The minimum absolute atomic E-state index is 0.0900. The maximum Gasteiger partial charge on any atom is 0.256 e. The van der Waals surface area contributed by atoms with Crippen LogP contribution in [0.5, 0.6) is 0 Å². The highest BCUT2D eigenvalue weighted by Gasteiger charge is 2.25. The van der Waals surface area contributed by atoms with Crippen LogP contribution >= 0.6 is 15.9 Å². The molecule has 0 spiro atoms. The third kappa shape index (κ3) is 2.26. The summed E-state index contributed by atoms with van der Waals surface area (Å²) < 4.78 is 0.637. The number of amides is 1. The molecule has 1 aliphatic rings. The third-order valence-corrected chi connectivity index (χ3v) is 3.69. The zero-order chi connectivity index (χ0) is 11.5. The van der Waals surface area contributed by atoms with E-state index in [1.165, 1.54) is 6.42 Å². The molecule has 2 rings (SSSR count). The molecule has 1 aromatic heterocycles. The first-order valence-corrected chi connectivity index (χ1v) is 6.41. The van der Waals surface area contributed by atoms with Gasteiger partial charge in [-0.2, -0.15) is 0 Å². The molecule has 1 unspecified atom stereocenters. The Balaban J connectivity index is 2.21. The predicted octanol–water partition coefficient (Wildman–Crippen LogP) is 2.86. The average Bonchev–Trinajstić information content (AvgIpc) is 2.29. The van der Waals surface area contributed by atoms with E-state index < -0.39 is 0 Å². The molecule has 4 heteroatoms. The van der Waals surface area contributed by atoms with Crippen LogP contribution in [-0.2, 0) is 0 Å². The van der Waals surface area contributed by atoms with Gasteiger partial charge < -0.3 is 4.90 Å². The number of carbonyl (C=O) groups is 1. The molecule has 0 saturated carbocycles. The predicted molar refractivity (Wildman–Crippen MR) is 66.3 cm³/mol. The zero-order valence-corrected chi connectivity index (χ0v) is 10.9. The van der Waals surface area contributed by atoms with Crippen molar-refractivity contribution in [1.82, 2.24) is 9.88 Å². The smallest absolute Gasteiger partial charge is 0.256 e. The lowest BCUT2D eigenvalue weighted by Crippen LogP contribution is -2.42. The number of hydrogen-bond donors (Lipinski definition) is 0. The Morgan fingerprint density at radius 3 is 3.06 bits per heavy atom. The van der Waals surface area contributed by atoms with E-state index in [0.29, 0.717) is 16.2 Å². The molecule has 0 bridgehead atoms. The molecule has 2 heterocycles. The van der Waals surface area contributed by atoms with Crippen LogP contribution < -0.4 is 0 Å². The minimum atomic E-state index is 0.0900. The molecule has 1 aliphatic heterocycles. The van der Waals surface area contributed by atoms with Crippen molar-refractivity contribution in [2.45, 2.75) is 32.2 Å². The number of hydrogen-bond acceptors (Lipinski definition) is 2. The standard InChI is InChI=1S/C12H15BrN2O/c1-9-5-2-3-8-15(9)12(16)10-6-4-7-14-11(10)13/h4,6-7,9H,2-3,5,8H2,1H3. The van der Waals surface area contributed by atoms with E-state index in [-0.39, 0.29) is 5.91 Å². The highest BCUT2D eigenvalue weighted by Crippen LogP contribution is 2.21. The van der Waals surface area contributed by atoms with E-state index in [1.807, 2.05) is 11.0 Å². The second-order valence-corrected chi connectivity index (χ2v) is 4.94. The maximum atomic E-state index is 12.3. The lowest BCUT2D eigenvalue weighted by molar-refractivity contribution is 0.0634. The Morgan fingerprint density at radius 2 is 2.38 bits per heavy atom. The van der Waals surface area contributed by atoms with Crippen molar-refractivity contribution in [3.8, 4) is 0 Å². The Morgan fingerprint density at radius 1 is 1.56 bits per heavy atom. The van der Waals surface area contributed by atoms with Crippen LogP contribution in [-0.4, -0.2) is 28.4 Å². The van der Waals surface area contributed by atoms with E-state index in [4.69, 9.17) is 0 Å². The van der Waals surface area contributed by atoms with E-state index >= 15 is 0 Å². The normalized spacial score (nSPS) is 20.9. The molecule has 0 N–H and O–H groups in total. The van der Waals surface area contributed by atoms with Crippen LogP contribution in [0.4, 0.5) is 0 Å². The van der Waals surface area contributed by atoms with Crippen LogP contribution in [0, 0.1) is 0 Å². The molecule has 0 radical (unpaired) electrons. The van der Waals surface area contributed by atoms with Crippen LogP contribution in [0.1, 0.15) is 36.5 Å². The second kappa shape index (κ2) is 4.95. The summed E-state index contributed by atoms with van der Waals surface area (Å²) in [5.41, 5.74) is 0.663. The van der Waals surface area contributed by atoms with Crippen LogP contribution in [0.15, 0.2) is 22.9 Å². The monoisotopic (exact) mass is 282 g/mol. The zero-order valence-electron chi connectivity index (χ0n) is 9.32. The summed E-state index contributed by atoms with van der Waals surface area (Å²) >= 11 is 3.32. The van der Waals surface area contributed by atoms with Crippen molar-refractivity contribution in [2.24, 2.45) is 0 Å². The van der Waals surface area contributed by atoms with Gasteiger partial charge in [-0.15, -0.1) is 0 Å². The van der Waals surface area contributed by atoms with Gasteiger partial charge in [0.15, 0.2) is 0 Å². The molecule has 1 saturated heterocycles. The molecular weight excluding hydrogens is 268 g/mol. The summed E-state index contributed by atoms with van der Waals surface area (Å²) in [6, 6.07) is 3.96. The fourth-order valence-corrected chi connectivity index (χ4v) is 2.52. The molecule has 1 fully saturated rings. The number of rotatable bonds is 1. The summed E-state index contributed by atoms with van der Waals surface area (Å²) in [6.45, 7) is 2.97. The topological polar surface area (TPSA) is 33.2 Å². The maximum absolute atomic E-state index is 12.3. The molecule has 0 aliphatic carbocycles. The summed E-state index contributed by atoms with van der Waals surface area (Å²) in [6.07, 6.45) is 5.11. The van der Waals surface area contributed by atoms with Crippen molar-refractivity contribution in [3.05, 3.63) is 28.5 Å². The van der Waals surface area contributed by atoms with Crippen LogP contribution in [0.25, 0.3) is 0 Å². The van der Waals surface area contributed by atoms with Gasteiger partial charge in [-0.25, -0.2) is 4.98 Å². The molecule has 86 valence electrons. The Labute approximate surface area is 104 Å². The molecular formula is C12H15BrN2O. The van der Waals surface area contributed by atoms with Crippen molar-refractivity contribution in [2.75, 3.05) is 6.54 Å². The summed E-state index contributed by atoms with van der Waals surface area (Å²) in [4.78, 5) is 18.3. The first-order chi connectivity index (χ1) is 7.70. The van der Waals surface area contributed by atoms with Gasteiger partial charge in [0, 0.05) is 18.8 Å². The molecule has 1 atom stereocenters. The number of aromatic nitrogens is 1. The number of piperidine rings is 1. The highest BCUT2D eigenvalue weighted by molar-refractivity contribution is 9.10. The lowest BCUT2D eigenvalue weighted by Gasteiger charge is -2.33. The van der Waals surface area contributed by atoms with E-state index in [0.717, 1.165) is 19.4 Å². The van der Waals surface area contributed by atoms with Gasteiger partial charge in [0.25, 0.3) is 5.91 Å². The van der Waals surface area contributed by atoms with Gasteiger partial charge in [-0.1, -0.05) is 0 Å². The van der Waals surface area contributed by atoms with Crippen molar-refractivity contribution in [1.29, 1.82) is 0 Å². The van der Waals surface area contributed by atoms with Crippen molar-refractivity contribution < 1.29 is 4.79 Å². The Bertz CT molecular complexity index is 394. The number of nitrogens with zero attached hydrogens (tertiary/aromatic N) is 2. The first-order valence-electron chi connectivity index (χ1n) is 5.61. The quantitative estimate of drug-likeness (QED) is 0.742. The SMILES string of the molecule is CC1CCCCN1C(=O)c1cccnc1Br. The van der Waals surface area contributed by atoms with Crippen molar-refractivity contribution in [3.63, 3.8) is 0 Å². The van der Waals surface area contributed by atoms with E-state index in [2.05, 4.69) is 27.8 Å². The summed E-state index contributed by atoms with van der Waals surface area (Å²) in [5.74, 6) is 0.0900. The molecule has 1 aromatic rings. The van der Waals surface area contributed by atoms with Crippen LogP contribution in [0.2, 0.25) is 0 Å². The minimum Gasteiger partial charge on any atom is -0.336 e. The lowest BCUT2D eigenvalue weighted by atomic mass is 10.0. The number of pyridine rings is 1. The molecule has 0 aromatic carbocycles. The van der Waals surface area contributed by atoms with E-state index in [9.17, 15) is 4.79 Å². The van der Waals surface area contributed by atoms with Crippen LogP contribution in [0.3, 0.4) is 0 Å². The largest absolute Gasteiger partial charge is 0.336 e. The Hall–Kier alpha value is -0.900. The summed E-state index contributed by atoms with van der Waals surface area (Å²) in [7, 11) is 0. The fourth-order valence-electron chi connectivity index (χ4n) is 2.10. The number of carbonyl (C=O) groups excluding carboxylic acids is 1. The first kappa shape index (κ1) is 11.6. The average molecular weight is 283 g/mol. The molecule has 3 nitrogen and oxygen atoms in total. The van der Waals surface area contributed by atoms with Gasteiger partial charge in [-0.3, -0.25) is 4.79 Å². The van der Waals surface area contributed by atoms with Crippen molar-refractivity contribution >= 4 is 21.8 Å². The third-order valence-electron chi connectivity index (χ3n) is 3.05. The number of likely N-dealkylation sites (tertiary alicyclic amines) is 1. The van der Waals surface area contributed by atoms with Gasteiger partial charge in [0.05, 0.1) is 5.56 Å². The Kier molecular flexibility index (Phi) is 3.59. The van der Waals surface area contributed by atoms with Gasteiger partial charge in [-0.05, 0) is 54.2 Å². The van der Waals surface area contributed by atoms with Gasteiger partial charge >= 0.3 is 0 Å². The molecule has 16 heavy (non-hydrogen) atoms. The second-order valence-electron chi connectivity index (χ2n) is 4.19. The number of halogens is 1. The highest BCUT2D eigenvalue weighted by atomic mass is 79.9.